The summed E-state index contributed by atoms with van der Waals surface area (Å²) < 4.78 is 16.2. The Morgan fingerprint density at radius 1 is 1.03 bits per heavy atom. The van der Waals surface area contributed by atoms with Crippen molar-refractivity contribution in [2.75, 3.05) is 24.5 Å². The number of rotatable bonds is 7. The molecular weight excluding hydrogens is 491 g/mol. The van der Waals surface area contributed by atoms with Crippen molar-refractivity contribution in [1.29, 1.82) is 0 Å². The van der Waals surface area contributed by atoms with E-state index in [1.165, 1.54) is 44.9 Å². The van der Waals surface area contributed by atoms with Gasteiger partial charge in [-0.15, -0.1) is 0 Å². The van der Waals surface area contributed by atoms with Gasteiger partial charge in [0.25, 0.3) is 0 Å². The number of anilines is 1. The molecule has 0 spiro atoms. The van der Waals surface area contributed by atoms with E-state index < -0.39 is 0 Å². The van der Waals surface area contributed by atoms with Crippen molar-refractivity contribution in [2.24, 2.45) is 5.92 Å². The SMILES string of the molecule is Fc1c(-c2cncc(CNCC3CCCC3)c2)ccc2[nH]nc(-c3nc4nccc(N5CCCCC5)c4[nH]3)c12. The van der Waals surface area contributed by atoms with Gasteiger partial charge in [-0.05, 0) is 74.4 Å². The van der Waals surface area contributed by atoms with Gasteiger partial charge in [-0.1, -0.05) is 12.8 Å². The van der Waals surface area contributed by atoms with Crippen molar-refractivity contribution < 1.29 is 4.39 Å². The second kappa shape index (κ2) is 10.4. The Kier molecular flexibility index (Phi) is 6.44. The third-order valence-corrected chi connectivity index (χ3v) is 8.30. The van der Waals surface area contributed by atoms with Crippen LogP contribution < -0.4 is 10.2 Å². The van der Waals surface area contributed by atoms with Crippen molar-refractivity contribution in [1.82, 2.24) is 35.5 Å². The normalized spacial score (nSPS) is 16.6. The van der Waals surface area contributed by atoms with Crippen LogP contribution in [0.3, 0.4) is 0 Å². The Labute approximate surface area is 226 Å². The monoisotopic (exact) mass is 524 g/mol. The maximum absolute atomic E-state index is 16.2. The number of piperidine rings is 1. The zero-order chi connectivity index (χ0) is 26.2. The molecule has 0 amide bonds. The predicted octanol–water partition coefficient (Wildman–Crippen LogP) is 5.97. The Balaban J connectivity index is 1.21. The molecule has 1 saturated heterocycles. The van der Waals surface area contributed by atoms with E-state index in [4.69, 9.17) is 4.98 Å². The predicted molar refractivity (Wildman–Crippen MR) is 152 cm³/mol. The van der Waals surface area contributed by atoms with Gasteiger partial charge in [-0.3, -0.25) is 10.1 Å². The van der Waals surface area contributed by atoms with Crippen LogP contribution in [0.5, 0.6) is 0 Å². The quantitative estimate of drug-likeness (QED) is 0.243. The highest BCUT2D eigenvalue weighted by Crippen LogP contribution is 2.35. The van der Waals surface area contributed by atoms with Gasteiger partial charge in [0, 0.05) is 49.4 Å². The first-order chi connectivity index (χ1) is 19.2. The lowest BCUT2D eigenvalue weighted by Crippen LogP contribution is -2.29. The van der Waals surface area contributed by atoms with E-state index in [2.05, 4.69) is 35.4 Å². The molecule has 1 aliphatic carbocycles. The van der Waals surface area contributed by atoms with Crippen LogP contribution in [0.1, 0.15) is 50.5 Å². The van der Waals surface area contributed by atoms with Gasteiger partial charge in [0.05, 0.1) is 16.6 Å². The second-order valence-electron chi connectivity index (χ2n) is 10.9. The maximum Gasteiger partial charge on any atom is 0.180 e. The summed E-state index contributed by atoms with van der Waals surface area (Å²) in [6.45, 7) is 3.78. The number of H-pyrrole nitrogens is 2. The lowest BCUT2D eigenvalue weighted by atomic mass is 10.0. The van der Waals surface area contributed by atoms with Crippen LogP contribution in [0.2, 0.25) is 0 Å². The first-order valence-corrected chi connectivity index (χ1v) is 14.2. The first-order valence-electron chi connectivity index (χ1n) is 14.2. The van der Waals surface area contributed by atoms with E-state index in [-0.39, 0.29) is 5.82 Å². The number of hydrogen-bond acceptors (Lipinski definition) is 6. The molecule has 4 aromatic heterocycles. The Bertz CT molecular complexity index is 1610. The van der Waals surface area contributed by atoms with Crippen LogP contribution in [-0.2, 0) is 6.54 Å². The van der Waals surface area contributed by atoms with Crippen molar-refractivity contribution >= 4 is 27.8 Å². The number of hydrogen-bond donors (Lipinski definition) is 3. The molecule has 0 atom stereocenters. The van der Waals surface area contributed by atoms with E-state index >= 15 is 4.39 Å². The molecule has 3 N–H and O–H groups in total. The van der Waals surface area contributed by atoms with E-state index in [1.807, 2.05) is 24.4 Å². The minimum atomic E-state index is -0.334. The molecule has 1 aliphatic heterocycles. The summed E-state index contributed by atoms with van der Waals surface area (Å²) in [5, 5.41) is 11.4. The van der Waals surface area contributed by atoms with Gasteiger partial charge in [0.2, 0.25) is 0 Å². The van der Waals surface area contributed by atoms with Crippen molar-refractivity contribution in [3.63, 3.8) is 0 Å². The summed E-state index contributed by atoms with van der Waals surface area (Å²) in [5.74, 6) is 0.941. The molecule has 7 rings (SSSR count). The van der Waals surface area contributed by atoms with Crippen LogP contribution in [0, 0.1) is 11.7 Å². The van der Waals surface area contributed by atoms with E-state index in [1.54, 1.807) is 18.5 Å². The van der Waals surface area contributed by atoms with Gasteiger partial charge in [0.1, 0.15) is 17.0 Å². The topological polar surface area (TPSA) is 98.4 Å². The third kappa shape index (κ3) is 4.65. The second-order valence-corrected chi connectivity index (χ2v) is 10.9. The number of nitrogens with one attached hydrogen (secondary N) is 3. The number of imidazole rings is 1. The molecule has 1 aromatic carbocycles. The van der Waals surface area contributed by atoms with Gasteiger partial charge >= 0.3 is 0 Å². The number of nitrogens with zero attached hydrogens (tertiary/aromatic N) is 5. The van der Waals surface area contributed by atoms with Gasteiger partial charge in [0.15, 0.2) is 11.5 Å². The fourth-order valence-corrected chi connectivity index (χ4v) is 6.24. The molecule has 0 bridgehead atoms. The van der Waals surface area contributed by atoms with Gasteiger partial charge in [-0.25, -0.2) is 14.4 Å². The Morgan fingerprint density at radius 3 is 2.77 bits per heavy atom. The minimum absolute atomic E-state index is 0.334. The average Bonchev–Trinajstić information content (AvgIpc) is 3.73. The van der Waals surface area contributed by atoms with E-state index in [0.29, 0.717) is 33.6 Å². The molecule has 9 heteroatoms. The van der Waals surface area contributed by atoms with Gasteiger partial charge < -0.3 is 15.2 Å². The van der Waals surface area contributed by atoms with Crippen molar-refractivity contribution in [3.8, 4) is 22.6 Å². The van der Waals surface area contributed by atoms with Crippen LogP contribution in [-0.4, -0.2) is 49.8 Å². The molecule has 5 aromatic rings. The zero-order valence-electron chi connectivity index (χ0n) is 22.0. The van der Waals surface area contributed by atoms with E-state index in [0.717, 1.165) is 54.4 Å². The van der Waals surface area contributed by atoms with Crippen LogP contribution in [0.15, 0.2) is 42.9 Å². The van der Waals surface area contributed by atoms with E-state index in [9.17, 15) is 0 Å². The molecule has 1 saturated carbocycles. The first kappa shape index (κ1) is 24.2. The van der Waals surface area contributed by atoms with Crippen molar-refractivity contribution in [2.45, 2.75) is 51.5 Å². The smallest absolute Gasteiger partial charge is 0.180 e. The summed E-state index contributed by atoms with van der Waals surface area (Å²) in [6, 6.07) is 7.71. The molecule has 200 valence electrons. The highest BCUT2D eigenvalue weighted by Gasteiger charge is 2.22. The summed E-state index contributed by atoms with van der Waals surface area (Å²) in [7, 11) is 0. The molecule has 8 nitrogen and oxygen atoms in total. The van der Waals surface area contributed by atoms with Crippen molar-refractivity contribution in [3.05, 3.63) is 54.2 Å². The number of benzene rings is 1. The summed E-state index contributed by atoms with van der Waals surface area (Å²) in [6.07, 6.45) is 14.3. The number of fused-ring (bicyclic) bond motifs is 2. The molecule has 0 unspecified atom stereocenters. The molecule has 5 heterocycles. The van der Waals surface area contributed by atoms with Crippen LogP contribution in [0.25, 0.3) is 44.7 Å². The number of halogens is 1. The molecule has 39 heavy (non-hydrogen) atoms. The summed E-state index contributed by atoms with van der Waals surface area (Å²) >= 11 is 0. The maximum atomic E-state index is 16.2. The highest BCUT2D eigenvalue weighted by molar-refractivity contribution is 5.97. The number of aromatic amines is 2. The largest absolute Gasteiger partial charge is 0.370 e. The number of aromatic nitrogens is 6. The molecular formula is C30H33FN8. The summed E-state index contributed by atoms with van der Waals surface area (Å²) in [5.41, 5.74) is 5.94. The lowest BCUT2D eigenvalue weighted by molar-refractivity contribution is 0.489. The molecule has 0 radical (unpaired) electrons. The molecule has 2 fully saturated rings. The van der Waals surface area contributed by atoms with Crippen LogP contribution >= 0.6 is 0 Å². The Morgan fingerprint density at radius 2 is 1.90 bits per heavy atom. The minimum Gasteiger partial charge on any atom is -0.370 e. The van der Waals surface area contributed by atoms with Crippen LogP contribution in [0.4, 0.5) is 10.1 Å². The summed E-state index contributed by atoms with van der Waals surface area (Å²) in [4.78, 5) is 19.4. The molecule has 2 aliphatic rings. The standard InChI is InChI=1S/C30H33FN8/c31-26-22(21-14-20(17-33-18-21)16-32-15-19-6-2-3-7-19)8-9-23-25(26)28(38-37-23)30-35-27-24(10-11-34-29(27)36-30)39-12-4-1-5-13-39/h8-11,14,17-19,32H,1-7,12-13,15-16H2,(H,37,38)(H,34,35,36). The lowest BCUT2D eigenvalue weighted by Gasteiger charge is -2.28. The zero-order valence-corrected chi connectivity index (χ0v) is 22.0. The fourth-order valence-electron chi connectivity index (χ4n) is 6.24. The average molecular weight is 525 g/mol. The highest BCUT2D eigenvalue weighted by atomic mass is 19.1. The Hall–Kier alpha value is -3.85. The van der Waals surface area contributed by atoms with Gasteiger partial charge in [-0.2, -0.15) is 5.10 Å². The third-order valence-electron chi connectivity index (χ3n) is 8.30. The number of pyridine rings is 2. The fraction of sp³-hybridized carbons (Fsp3) is 0.400.